The molecule has 0 aliphatic carbocycles. The lowest BCUT2D eigenvalue weighted by molar-refractivity contribution is 0.0700. The van der Waals surface area contributed by atoms with E-state index in [0.717, 1.165) is 37.3 Å². The van der Waals surface area contributed by atoms with Gasteiger partial charge in [0, 0.05) is 31.7 Å². The summed E-state index contributed by atoms with van der Waals surface area (Å²) in [4.78, 5) is 18.1. The van der Waals surface area contributed by atoms with Crippen molar-refractivity contribution in [3.8, 4) is 0 Å². The van der Waals surface area contributed by atoms with Gasteiger partial charge in [0.25, 0.3) is 5.91 Å². The van der Waals surface area contributed by atoms with E-state index < -0.39 is 5.91 Å². The number of pyridine rings is 1. The van der Waals surface area contributed by atoms with Crippen molar-refractivity contribution in [2.75, 3.05) is 6.54 Å². The molecule has 108 valence electrons. The highest BCUT2D eigenvalue weighted by molar-refractivity contribution is 5.91. The van der Waals surface area contributed by atoms with Gasteiger partial charge < -0.3 is 0 Å². The van der Waals surface area contributed by atoms with Gasteiger partial charge in [-0.05, 0) is 17.2 Å². The Morgan fingerprint density at radius 1 is 1.24 bits per heavy atom. The molecular formula is C16H17N3O2. The summed E-state index contributed by atoms with van der Waals surface area (Å²) < 4.78 is 0. The molecule has 0 spiro atoms. The molecule has 2 N–H and O–H groups in total. The number of carbonyl (C=O) groups excluding carboxylic acids is 1. The number of fused-ring (bicyclic) bond motifs is 1. The molecule has 5 nitrogen and oxygen atoms in total. The first-order chi connectivity index (χ1) is 10.3. The van der Waals surface area contributed by atoms with Crippen LogP contribution in [0.15, 0.2) is 42.5 Å². The molecule has 21 heavy (non-hydrogen) atoms. The van der Waals surface area contributed by atoms with Gasteiger partial charge in [-0.15, -0.1) is 0 Å². The Bertz CT molecular complexity index is 643. The molecule has 2 aromatic rings. The Labute approximate surface area is 123 Å². The number of amides is 1. The van der Waals surface area contributed by atoms with E-state index in [-0.39, 0.29) is 5.69 Å². The summed E-state index contributed by atoms with van der Waals surface area (Å²) in [7, 11) is 0. The van der Waals surface area contributed by atoms with Gasteiger partial charge in [0.05, 0.1) is 0 Å². The molecule has 2 heterocycles. The highest BCUT2D eigenvalue weighted by atomic mass is 16.5. The molecule has 0 fully saturated rings. The average Bonchev–Trinajstić information content (AvgIpc) is 2.54. The molecular weight excluding hydrogens is 266 g/mol. The SMILES string of the molecule is O=C(NO)c1ccc2c(n1)CCN(Cc1ccccc1)C2. The maximum absolute atomic E-state index is 11.4. The second kappa shape index (κ2) is 6.03. The fourth-order valence-corrected chi connectivity index (χ4v) is 2.63. The minimum atomic E-state index is -0.565. The van der Waals surface area contributed by atoms with Crippen molar-refractivity contribution in [2.24, 2.45) is 0 Å². The third-order valence-corrected chi connectivity index (χ3v) is 3.71. The second-order valence-electron chi connectivity index (χ2n) is 5.19. The number of nitrogens with zero attached hydrogens (tertiary/aromatic N) is 2. The van der Waals surface area contributed by atoms with Crippen LogP contribution in [-0.4, -0.2) is 27.5 Å². The lowest BCUT2D eigenvalue weighted by Gasteiger charge is -2.28. The van der Waals surface area contributed by atoms with Crippen LogP contribution in [0.25, 0.3) is 0 Å². The van der Waals surface area contributed by atoms with E-state index >= 15 is 0 Å². The smallest absolute Gasteiger partial charge is 0.293 e. The van der Waals surface area contributed by atoms with E-state index in [9.17, 15) is 4.79 Å². The predicted octanol–water partition coefficient (Wildman–Crippen LogP) is 1.76. The van der Waals surface area contributed by atoms with Crippen LogP contribution in [0.4, 0.5) is 0 Å². The fraction of sp³-hybridized carbons (Fsp3) is 0.250. The van der Waals surface area contributed by atoms with Crippen molar-refractivity contribution in [3.05, 3.63) is 65.0 Å². The number of carbonyl (C=O) groups is 1. The van der Waals surface area contributed by atoms with Gasteiger partial charge in [-0.1, -0.05) is 36.4 Å². The number of rotatable bonds is 3. The van der Waals surface area contributed by atoms with E-state index in [0.29, 0.717) is 0 Å². The maximum atomic E-state index is 11.4. The normalized spacial score (nSPS) is 14.5. The Balaban J connectivity index is 1.73. The van der Waals surface area contributed by atoms with Crippen LogP contribution in [-0.2, 0) is 19.5 Å². The molecule has 1 aliphatic heterocycles. The monoisotopic (exact) mass is 283 g/mol. The lowest BCUT2D eigenvalue weighted by Crippen LogP contribution is -2.31. The molecule has 0 bridgehead atoms. The third kappa shape index (κ3) is 3.09. The van der Waals surface area contributed by atoms with Crippen molar-refractivity contribution < 1.29 is 10.0 Å². The first-order valence-corrected chi connectivity index (χ1v) is 6.96. The zero-order valence-electron chi connectivity index (χ0n) is 11.6. The topological polar surface area (TPSA) is 65.5 Å². The number of nitrogens with one attached hydrogen (secondary N) is 1. The highest BCUT2D eigenvalue weighted by Gasteiger charge is 2.19. The summed E-state index contributed by atoms with van der Waals surface area (Å²) in [5, 5.41) is 8.65. The van der Waals surface area contributed by atoms with Gasteiger partial charge in [0.1, 0.15) is 5.69 Å². The van der Waals surface area contributed by atoms with E-state index in [2.05, 4.69) is 34.1 Å². The zero-order chi connectivity index (χ0) is 14.7. The number of hydrogen-bond donors (Lipinski definition) is 2. The third-order valence-electron chi connectivity index (χ3n) is 3.71. The largest absolute Gasteiger partial charge is 0.294 e. The molecule has 1 amide bonds. The van der Waals surface area contributed by atoms with Gasteiger partial charge in [-0.2, -0.15) is 0 Å². The van der Waals surface area contributed by atoms with Gasteiger partial charge in [-0.25, -0.2) is 10.5 Å². The van der Waals surface area contributed by atoms with Crippen molar-refractivity contribution >= 4 is 5.91 Å². The summed E-state index contributed by atoms with van der Waals surface area (Å²) in [5.41, 5.74) is 5.26. The van der Waals surface area contributed by atoms with Crippen LogP contribution in [0, 0.1) is 0 Å². The number of hydroxylamine groups is 1. The molecule has 0 unspecified atom stereocenters. The molecule has 5 heteroatoms. The summed E-state index contributed by atoms with van der Waals surface area (Å²) in [5.74, 6) is -0.565. The molecule has 0 saturated heterocycles. The van der Waals surface area contributed by atoms with Crippen LogP contribution in [0.3, 0.4) is 0 Å². The summed E-state index contributed by atoms with van der Waals surface area (Å²) in [6.07, 6.45) is 0.814. The highest BCUT2D eigenvalue weighted by Crippen LogP contribution is 2.19. The summed E-state index contributed by atoms with van der Waals surface area (Å²) >= 11 is 0. The standard InChI is InChI=1S/C16H17N3O2/c20-16(18-21)15-7-6-13-11-19(9-8-14(13)17-15)10-12-4-2-1-3-5-12/h1-7,21H,8-11H2,(H,18,20). The molecule has 0 atom stereocenters. The minimum Gasteiger partial charge on any atom is -0.294 e. The first-order valence-electron chi connectivity index (χ1n) is 6.96. The summed E-state index contributed by atoms with van der Waals surface area (Å²) in [6.45, 7) is 2.66. The van der Waals surface area contributed by atoms with E-state index in [1.807, 2.05) is 12.1 Å². The first kappa shape index (κ1) is 13.7. The van der Waals surface area contributed by atoms with Gasteiger partial charge in [0.15, 0.2) is 0 Å². The Hall–Kier alpha value is -2.24. The van der Waals surface area contributed by atoms with E-state index in [1.54, 1.807) is 11.5 Å². The van der Waals surface area contributed by atoms with Crippen LogP contribution >= 0.6 is 0 Å². The molecule has 0 saturated carbocycles. The van der Waals surface area contributed by atoms with Gasteiger partial charge >= 0.3 is 0 Å². The Kier molecular flexibility index (Phi) is 3.94. The second-order valence-corrected chi connectivity index (χ2v) is 5.19. The molecule has 1 aliphatic rings. The maximum Gasteiger partial charge on any atom is 0.293 e. The van der Waals surface area contributed by atoms with Crippen molar-refractivity contribution in [2.45, 2.75) is 19.5 Å². The number of aromatic nitrogens is 1. The lowest BCUT2D eigenvalue weighted by atomic mass is 10.0. The Morgan fingerprint density at radius 2 is 2.05 bits per heavy atom. The minimum absolute atomic E-state index is 0.257. The number of benzene rings is 1. The van der Waals surface area contributed by atoms with Gasteiger partial charge in [0.2, 0.25) is 0 Å². The molecule has 1 aromatic carbocycles. The van der Waals surface area contributed by atoms with Crippen LogP contribution in [0.5, 0.6) is 0 Å². The number of hydrogen-bond acceptors (Lipinski definition) is 4. The van der Waals surface area contributed by atoms with Crippen molar-refractivity contribution in [3.63, 3.8) is 0 Å². The Morgan fingerprint density at radius 3 is 2.81 bits per heavy atom. The van der Waals surface area contributed by atoms with Crippen molar-refractivity contribution in [1.29, 1.82) is 0 Å². The zero-order valence-corrected chi connectivity index (χ0v) is 11.6. The van der Waals surface area contributed by atoms with E-state index in [4.69, 9.17) is 5.21 Å². The fourth-order valence-electron chi connectivity index (χ4n) is 2.63. The van der Waals surface area contributed by atoms with Crippen molar-refractivity contribution in [1.82, 2.24) is 15.4 Å². The molecule has 1 aromatic heterocycles. The predicted molar refractivity (Wildman–Crippen MR) is 77.7 cm³/mol. The van der Waals surface area contributed by atoms with E-state index in [1.165, 1.54) is 5.56 Å². The summed E-state index contributed by atoms with van der Waals surface area (Å²) in [6, 6.07) is 13.9. The average molecular weight is 283 g/mol. The quantitative estimate of drug-likeness (QED) is 0.665. The van der Waals surface area contributed by atoms with Crippen LogP contribution < -0.4 is 5.48 Å². The van der Waals surface area contributed by atoms with Crippen LogP contribution in [0.2, 0.25) is 0 Å². The van der Waals surface area contributed by atoms with Crippen LogP contribution in [0.1, 0.15) is 27.3 Å². The molecule has 3 rings (SSSR count). The van der Waals surface area contributed by atoms with Gasteiger partial charge in [-0.3, -0.25) is 14.9 Å². The molecule has 0 radical (unpaired) electrons.